The number of H-pyrrole nitrogens is 2. The van der Waals surface area contributed by atoms with Crippen LogP contribution in [0.3, 0.4) is 0 Å². The van der Waals surface area contributed by atoms with Gasteiger partial charge in [-0.3, -0.25) is 9.89 Å². The second-order valence-electron chi connectivity index (χ2n) is 8.12. The van der Waals surface area contributed by atoms with Gasteiger partial charge in [0.15, 0.2) is 11.6 Å². The summed E-state index contributed by atoms with van der Waals surface area (Å²) in [4.78, 5) is 20.2. The first-order valence-electron chi connectivity index (χ1n) is 11.0. The molecule has 0 bridgehead atoms. The Kier molecular flexibility index (Phi) is 5.16. The summed E-state index contributed by atoms with van der Waals surface area (Å²) in [5.74, 6) is 1.12. The summed E-state index contributed by atoms with van der Waals surface area (Å²) in [5, 5.41) is 14.3. The number of hydrogen-bond acceptors (Lipinski definition) is 4. The Labute approximate surface area is 205 Å². The third kappa shape index (κ3) is 4.20. The molecular formula is C27H19ClN6O. The van der Waals surface area contributed by atoms with Crippen LogP contribution in [0, 0.1) is 0 Å². The molecular weight excluding hydrogens is 460 g/mol. The van der Waals surface area contributed by atoms with Crippen molar-refractivity contribution in [1.29, 1.82) is 0 Å². The van der Waals surface area contributed by atoms with E-state index in [1.54, 1.807) is 0 Å². The van der Waals surface area contributed by atoms with Gasteiger partial charge in [-0.25, -0.2) is 4.98 Å². The average molecular weight is 479 g/mol. The van der Waals surface area contributed by atoms with Gasteiger partial charge in [-0.2, -0.15) is 5.10 Å². The zero-order valence-corrected chi connectivity index (χ0v) is 19.1. The first-order chi connectivity index (χ1) is 17.1. The van der Waals surface area contributed by atoms with Crippen molar-refractivity contribution < 1.29 is 4.79 Å². The summed E-state index contributed by atoms with van der Waals surface area (Å²) in [7, 11) is 0. The van der Waals surface area contributed by atoms with Crippen molar-refractivity contribution in [3.05, 3.63) is 101 Å². The van der Waals surface area contributed by atoms with E-state index in [4.69, 9.17) is 11.6 Å². The van der Waals surface area contributed by atoms with E-state index in [2.05, 4.69) is 30.8 Å². The van der Waals surface area contributed by atoms with Crippen molar-refractivity contribution >= 4 is 46.2 Å². The lowest BCUT2D eigenvalue weighted by molar-refractivity contribution is -0.110. The molecule has 3 aromatic carbocycles. The molecule has 6 rings (SSSR count). The van der Waals surface area contributed by atoms with E-state index in [1.807, 2.05) is 91.1 Å². The summed E-state index contributed by atoms with van der Waals surface area (Å²) in [6.45, 7) is 0. The largest absolute Gasteiger partial charge is 0.362 e. The highest BCUT2D eigenvalue weighted by Gasteiger charge is 2.24. The van der Waals surface area contributed by atoms with Crippen LogP contribution in [-0.2, 0) is 4.79 Å². The first-order valence-corrected chi connectivity index (χ1v) is 11.4. The molecule has 1 aliphatic heterocycles. The Hall–Kier alpha value is -4.62. The molecule has 8 heteroatoms. The quantitative estimate of drug-likeness (QED) is 0.221. The van der Waals surface area contributed by atoms with Crippen LogP contribution in [0.2, 0.25) is 5.02 Å². The highest BCUT2D eigenvalue weighted by Crippen LogP contribution is 2.36. The SMILES string of the molecule is O=C1Nc2cc(Nc3cccc(-c4nc(-c5cccc(Cl)c5)n[nH]4)c3)ccc2C1=Cc1ccc[nH]1. The molecule has 0 unspecified atom stereocenters. The first kappa shape index (κ1) is 20.9. The normalized spacial score (nSPS) is 13.6. The van der Waals surface area contributed by atoms with E-state index in [0.29, 0.717) is 22.2 Å². The van der Waals surface area contributed by atoms with E-state index in [9.17, 15) is 4.79 Å². The van der Waals surface area contributed by atoms with Crippen LogP contribution >= 0.6 is 11.6 Å². The minimum atomic E-state index is -0.116. The Morgan fingerprint density at radius 2 is 1.74 bits per heavy atom. The smallest absolute Gasteiger partial charge is 0.256 e. The molecule has 4 N–H and O–H groups in total. The Morgan fingerprint density at radius 3 is 2.60 bits per heavy atom. The van der Waals surface area contributed by atoms with Crippen molar-refractivity contribution in [2.45, 2.75) is 0 Å². The van der Waals surface area contributed by atoms with Gasteiger partial charge in [0.2, 0.25) is 0 Å². The fraction of sp³-hybridized carbons (Fsp3) is 0. The summed E-state index contributed by atoms with van der Waals surface area (Å²) in [6, 6.07) is 25.0. The summed E-state index contributed by atoms with van der Waals surface area (Å²) in [5.41, 5.74) is 6.65. The molecule has 0 saturated carbocycles. The number of benzene rings is 3. The molecule has 1 aliphatic rings. The highest BCUT2D eigenvalue weighted by atomic mass is 35.5. The lowest BCUT2D eigenvalue weighted by Gasteiger charge is -2.09. The predicted molar refractivity (Wildman–Crippen MR) is 139 cm³/mol. The zero-order chi connectivity index (χ0) is 23.8. The topological polar surface area (TPSA) is 98.5 Å². The van der Waals surface area contributed by atoms with Crippen LogP contribution < -0.4 is 10.6 Å². The molecule has 0 fully saturated rings. The van der Waals surface area contributed by atoms with Gasteiger partial charge in [0.05, 0.1) is 11.3 Å². The minimum absolute atomic E-state index is 0.116. The van der Waals surface area contributed by atoms with E-state index in [1.165, 1.54) is 0 Å². The van der Waals surface area contributed by atoms with Crippen LogP contribution in [-0.4, -0.2) is 26.1 Å². The molecule has 7 nitrogen and oxygen atoms in total. The van der Waals surface area contributed by atoms with Gasteiger partial charge in [-0.05, 0) is 54.6 Å². The number of halogens is 1. The molecule has 0 aliphatic carbocycles. The second-order valence-corrected chi connectivity index (χ2v) is 8.56. The molecule has 1 amide bonds. The van der Waals surface area contributed by atoms with Crippen molar-refractivity contribution in [2.75, 3.05) is 10.6 Å². The van der Waals surface area contributed by atoms with E-state index in [-0.39, 0.29) is 5.91 Å². The number of rotatable bonds is 5. The third-order valence-electron chi connectivity index (χ3n) is 5.72. The monoisotopic (exact) mass is 478 g/mol. The minimum Gasteiger partial charge on any atom is -0.362 e. The van der Waals surface area contributed by atoms with Gasteiger partial charge in [0.1, 0.15) is 0 Å². The predicted octanol–water partition coefficient (Wildman–Crippen LogP) is 6.36. The zero-order valence-electron chi connectivity index (χ0n) is 18.3. The van der Waals surface area contributed by atoms with Crippen molar-refractivity contribution in [3.63, 3.8) is 0 Å². The molecule has 0 saturated heterocycles. The number of fused-ring (bicyclic) bond motifs is 1. The number of amides is 1. The van der Waals surface area contributed by atoms with Gasteiger partial charge in [0, 0.05) is 45.0 Å². The Balaban J connectivity index is 1.24. The van der Waals surface area contributed by atoms with Gasteiger partial charge in [-0.15, -0.1) is 0 Å². The van der Waals surface area contributed by atoms with Crippen LogP contribution in [0.25, 0.3) is 34.4 Å². The third-order valence-corrected chi connectivity index (χ3v) is 5.95. The fourth-order valence-corrected chi connectivity index (χ4v) is 4.25. The van der Waals surface area contributed by atoms with Gasteiger partial charge >= 0.3 is 0 Å². The number of carbonyl (C=O) groups is 1. The number of aromatic amines is 2. The lowest BCUT2D eigenvalue weighted by Crippen LogP contribution is -2.03. The van der Waals surface area contributed by atoms with Crippen LogP contribution in [0.1, 0.15) is 11.3 Å². The van der Waals surface area contributed by atoms with Gasteiger partial charge in [-0.1, -0.05) is 41.9 Å². The maximum atomic E-state index is 12.5. The maximum Gasteiger partial charge on any atom is 0.256 e. The number of hydrogen-bond donors (Lipinski definition) is 4. The molecule has 0 atom stereocenters. The Morgan fingerprint density at radius 1 is 0.886 bits per heavy atom. The van der Waals surface area contributed by atoms with E-state index < -0.39 is 0 Å². The van der Waals surface area contributed by atoms with E-state index in [0.717, 1.165) is 39.4 Å². The molecule has 35 heavy (non-hydrogen) atoms. The standard InChI is InChI=1S/C27H19ClN6O/c28-18-6-1-4-16(12-18)25-32-26(34-33-25)17-5-2-7-20(13-17)30-21-9-10-22-23(14-19-8-3-11-29-19)27(35)31-24(22)15-21/h1-15,29-30H,(H,31,35)(H,32,33,34). The lowest BCUT2D eigenvalue weighted by atomic mass is 10.1. The second kappa shape index (κ2) is 8.62. The molecule has 5 aromatic rings. The van der Waals surface area contributed by atoms with Gasteiger partial charge in [0.25, 0.3) is 5.91 Å². The number of anilines is 3. The van der Waals surface area contributed by atoms with E-state index >= 15 is 0 Å². The molecule has 0 radical (unpaired) electrons. The van der Waals surface area contributed by atoms with Crippen LogP contribution in [0.5, 0.6) is 0 Å². The number of carbonyl (C=O) groups excluding carboxylic acids is 1. The average Bonchev–Trinajstić information content (AvgIpc) is 3.61. The molecule has 170 valence electrons. The van der Waals surface area contributed by atoms with Crippen LogP contribution in [0.15, 0.2) is 85.1 Å². The fourth-order valence-electron chi connectivity index (χ4n) is 4.06. The number of aromatic nitrogens is 4. The summed E-state index contributed by atoms with van der Waals surface area (Å²) in [6.07, 6.45) is 3.69. The van der Waals surface area contributed by atoms with Gasteiger partial charge < -0.3 is 15.6 Å². The maximum absolute atomic E-state index is 12.5. The Bertz CT molecular complexity index is 1590. The van der Waals surface area contributed by atoms with Crippen LogP contribution in [0.4, 0.5) is 17.1 Å². The van der Waals surface area contributed by atoms with Crippen molar-refractivity contribution in [1.82, 2.24) is 20.2 Å². The number of nitrogens with zero attached hydrogens (tertiary/aromatic N) is 2. The molecule has 2 aromatic heterocycles. The van der Waals surface area contributed by atoms with Crippen molar-refractivity contribution in [2.24, 2.45) is 0 Å². The summed E-state index contributed by atoms with van der Waals surface area (Å²) >= 11 is 6.10. The number of nitrogens with one attached hydrogen (secondary N) is 4. The van der Waals surface area contributed by atoms with Crippen molar-refractivity contribution in [3.8, 4) is 22.8 Å². The molecule has 0 spiro atoms. The molecule has 3 heterocycles. The summed E-state index contributed by atoms with van der Waals surface area (Å²) < 4.78 is 0. The highest BCUT2D eigenvalue weighted by molar-refractivity contribution is 6.35.